The average molecular weight is 327 g/mol. The fourth-order valence-corrected chi connectivity index (χ4v) is 1.91. The maximum atomic E-state index is 6.00. The first kappa shape index (κ1) is 17.1. The second-order valence-corrected chi connectivity index (χ2v) is 4.21. The van der Waals surface area contributed by atoms with E-state index in [1.807, 2.05) is 42.7 Å². The molecule has 0 spiro atoms. The average Bonchev–Trinajstić information content (AvgIpc) is 2.78. The molecule has 0 fully saturated rings. The van der Waals surface area contributed by atoms with Gasteiger partial charge in [0, 0.05) is 25.0 Å². The number of hydrogen-bond donors (Lipinski definition) is 1. The molecule has 0 aliphatic heterocycles. The number of rotatable bonds is 4. The van der Waals surface area contributed by atoms with Gasteiger partial charge in [0.1, 0.15) is 5.69 Å². The van der Waals surface area contributed by atoms with Gasteiger partial charge in [-0.2, -0.15) is 0 Å². The van der Waals surface area contributed by atoms with Gasteiger partial charge in [0.15, 0.2) is 0 Å². The lowest BCUT2D eigenvalue weighted by atomic mass is 10.2. The molecule has 3 aromatic rings. The van der Waals surface area contributed by atoms with Gasteiger partial charge in [0.25, 0.3) is 5.88 Å². The number of hydrogen-bond acceptors (Lipinski definition) is 4. The van der Waals surface area contributed by atoms with Gasteiger partial charge in [-0.1, -0.05) is 12.1 Å². The van der Waals surface area contributed by atoms with Crippen LogP contribution in [0.5, 0.6) is 5.88 Å². The Bertz CT molecular complexity index is 688. The summed E-state index contributed by atoms with van der Waals surface area (Å²) in [6, 6.07) is 9.67. The predicted octanol–water partition coefficient (Wildman–Crippen LogP) is 2.78. The van der Waals surface area contributed by atoms with Crippen molar-refractivity contribution in [2.24, 2.45) is 0 Å². The van der Waals surface area contributed by atoms with Gasteiger partial charge in [-0.15, -0.1) is 29.9 Å². The fraction of sp³-hybridized carbons (Fsp3) is 0.143. The van der Waals surface area contributed by atoms with Crippen molar-refractivity contribution < 1.29 is 4.74 Å². The lowest BCUT2D eigenvalue weighted by Gasteiger charge is -2.03. The Morgan fingerprint density at radius 3 is 2.71 bits per heavy atom. The van der Waals surface area contributed by atoms with E-state index in [1.54, 1.807) is 10.7 Å². The van der Waals surface area contributed by atoms with E-state index >= 15 is 0 Å². The molecule has 5 nitrogen and oxygen atoms in total. The van der Waals surface area contributed by atoms with Gasteiger partial charge in [-0.25, -0.2) is 4.52 Å². The van der Waals surface area contributed by atoms with E-state index in [9.17, 15) is 0 Å². The third kappa shape index (κ3) is 3.77. The molecular formula is C14H16Cl2N4O. The quantitative estimate of drug-likeness (QED) is 0.800. The molecule has 3 rings (SSSR count). The standard InChI is InChI=1S/C14H14N4O.2ClH/c15-13-12-5-1-2-8-18(12)17-14(13)19-9-6-11-4-3-7-16-10-11;;/h1-5,7-8,10H,6,9,15H2;2*1H. The van der Waals surface area contributed by atoms with Crippen molar-refractivity contribution in [2.75, 3.05) is 12.3 Å². The van der Waals surface area contributed by atoms with Crippen molar-refractivity contribution in [2.45, 2.75) is 6.42 Å². The maximum absolute atomic E-state index is 6.00. The third-order valence-corrected chi connectivity index (χ3v) is 2.90. The molecular weight excluding hydrogens is 311 g/mol. The van der Waals surface area contributed by atoms with Crippen LogP contribution in [0.2, 0.25) is 0 Å². The zero-order valence-electron chi connectivity index (χ0n) is 11.2. The Balaban J connectivity index is 0.00000110. The van der Waals surface area contributed by atoms with Crippen LogP contribution in [0.3, 0.4) is 0 Å². The minimum Gasteiger partial charge on any atom is -0.475 e. The molecule has 0 radical (unpaired) electrons. The molecule has 0 bridgehead atoms. The number of nitrogens with zero attached hydrogens (tertiary/aromatic N) is 3. The Morgan fingerprint density at radius 1 is 1.14 bits per heavy atom. The van der Waals surface area contributed by atoms with Crippen LogP contribution in [-0.2, 0) is 6.42 Å². The van der Waals surface area contributed by atoms with Crippen LogP contribution in [0.1, 0.15) is 5.56 Å². The lowest BCUT2D eigenvalue weighted by molar-refractivity contribution is 0.309. The molecule has 7 heteroatoms. The van der Waals surface area contributed by atoms with Gasteiger partial charge < -0.3 is 10.5 Å². The van der Waals surface area contributed by atoms with Crippen LogP contribution in [-0.4, -0.2) is 21.2 Å². The summed E-state index contributed by atoms with van der Waals surface area (Å²) in [5.41, 5.74) is 8.56. The van der Waals surface area contributed by atoms with Crippen LogP contribution in [0.4, 0.5) is 5.69 Å². The van der Waals surface area contributed by atoms with Gasteiger partial charge >= 0.3 is 0 Å². The normalized spacial score (nSPS) is 9.71. The Kier molecular flexibility index (Phi) is 6.27. The number of nitrogen functional groups attached to an aromatic ring is 1. The van der Waals surface area contributed by atoms with E-state index in [4.69, 9.17) is 10.5 Å². The van der Waals surface area contributed by atoms with Crippen molar-refractivity contribution in [1.29, 1.82) is 0 Å². The smallest absolute Gasteiger partial charge is 0.257 e. The highest BCUT2D eigenvalue weighted by molar-refractivity contribution is 5.85. The third-order valence-electron chi connectivity index (χ3n) is 2.90. The van der Waals surface area contributed by atoms with E-state index in [0.29, 0.717) is 18.2 Å². The lowest BCUT2D eigenvalue weighted by Crippen LogP contribution is -2.03. The zero-order valence-corrected chi connectivity index (χ0v) is 12.8. The number of aromatic nitrogens is 3. The predicted molar refractivity (Wildman–Crippen MR) is 87.5 cm³/mol. The molecule has 0 aliphatic carbocycles. The van der Waals surface area contributed by atoms with Gasteiger partial charge in [-0.3, -0.25) is 4.98 Å². The molecule has 3 aromatic heterocycles. The summed E-state index contributed by atoms with van der Waals surface area (Å²) in [7, 11) is 0. The van der Waals surface area contributed by atoms with Crippen molar-refractivity contribution >= 4 is 36.0 Å². The first-order valence-corrected chi connectivity index (χ1v) is 6.09. The fourth-order valence-electron chi connectivity index (χ4n) is 1.91. The molecule has 112 valence electrons. The summed E-state index contributed by atoms with van der Waals surface area (Å²) in [5.74, 6) is 0.482. The number of fused-ring (bicyclic) bond motifs is 1. The summed E-state index contributed by atoms with van der Waals surface area (Å²) in [6.45, 7) is 0.528. The summed E-state index contributed by atoms with van der Waals surface area (Å²) in [5, 5.41) is 4.30. The Labute approximate surface area is 135 Å². The molecule has 0 saturated carbocycles. The maximum Gasteiger partial charge on any atom is 0.257 e. The van der Waals surface area contributed by atoms with Crippen molar-refractivity contribution in [3.63, 3.8) is 0 Å². The highest BCUT2D eigenvalue weighted by Gasteiger charge is 2.09. The second-order valence-electron chi connectivity index (χ2n) is 4.21. The first-order valence-electron chi connectivity index (χ1n) is 6.09. The SMILES string of the molecule is Cl.Cl.Nc1c(OCCc2cccnc2)nn2ccccc12. The number of ether oxygens (including phenoxy) is 1. The molecule has 2 N–H and O–H groups in total. The number of halogens is 2. The Hall–Kier alpha value is -1.98. The van der Waals surface area contributed by atoms with Gasteiger partial charge in [0.2, 0.25) is 0 Å². The van der Waals surface area contributed by atoms with Crippen molar-refractivity contribution in [3.8, 4) is 5.88 Å². The van der Waals surface area contributed by atoms with E-state index in [2.05, 4.69) is 10.1 Å². The second kappa shape index (κ2) is 7.71. The summed E-state index contributed by atoms with van der Waals surface area (Å²) in [4.78, 5) is 4.06. The zero-order chi connectivity index (χ0) is 13.1. The molecule has 0 aliphatic rings. The minimum atomic E-state index is 0. The topological polar surface area (TPSA) is 65.4 Å². The molecule has 21 heavy (non-hydrogen) atoms. The molecule has 3 heterocycles. The Morgan fingerprint density at radius 2 is 2.00 bits per heavy atom. The van der Waals surface area contributed by atoms with Gasteiger partial charge in [-0.05, 0) is 23.8 Å². The first-order chi connectivity index (χ1) is 9.34. The van der Waals surface area contributed by atoms with E-state index < -0.39 is 0 Å². The van der Waals surface area contributed by atoms with Crippen LogP contribution in [0.15, 0.2) is 48.9 Å². The number of pyridine rings is 2. The molecule has 0 saturated heterocycles. The van der Waals surface area contributed by atoms with E-state index in [0.717, 1.165) is 17.5 Å². The van der Waals surface area contributed by atoms with Crippen LogP contribution in [0.25, 0.3) is 5.52 Å². The van der Waals surface area contributed by atoms with E-state index in [1.165, 1.54) is 0 Å². The summed E-state index contributed by atoms with van der Waals surface area (Å²) in [6.07, 6.45) is 6.21. The number of nitrogens with two attached hydrogens (primary N) is 1. The monoisotopic (exact) mass is 326 g/mol. The molecule has 0 amide bonds. The van der Waals surface area contributed by atoms with Gasteiger partial charge in [0.05, 0.1) is 12.1 Å². The highest BCUT2D eigenvalue weighted by atomic mass is 35.5. The summed E-state index contributed by atoms with van der Waals surface area (Å²) < 4.78 is 7.36. The van der Waals surface area contributed by atoms with Crippen LogP contribution in [0, 0.1) is 0 Å². The largest absolute Gasteiger partial charge is 0.475 e. The highest BCUT2D eigenvalue weighted by Crippen LogP contribution is 2.24. The molecule has 0 atom stereocenters. The summed E-state index contributed by atoms with van der Waals surface area (Å²) >= 11 is 0. The molecule has 0 unspecified atom stereocenters. The van der Waals surface area contributed by atoms with Crippen LogP contribution >= 0.6 is 24.8 Å². The van der Waals surface area contributed by atoms with Crippen molar-refractivity contribution in [1.82, 2.24) is 14.6 Å². The van der Waals surface area contributed by atoms with E-state index in [-0.39, 0.29) is 24.8 Å². The minimum absolute atomic E-state index is 0. The molecule has 0 aromatic carbocycles. The van der Waals surface area contributed by atoms with Crippen molar-refractivity contribution in [3.05, 3.63) is 54.5 Å². The van der Waals surface area contributed by atoms with Crippen LogP contribution < -0.4 is 10.5 Å². The number of anilines is 1.